The molecule has 19 heavy (non-hydrogen) atoms. The van der Waals surface area contributed by atoms with Crippen molar-refractivity contribution < 1.29 is 4.79 Å². The number of nitrogens with zero attached hydrogens (tertiary/aromatic N) is 1. The summed E-state index contributed by atoms with van der Waals surface area (Å²) in [5, 5.41) is 0.710. The van der Waals surface area contributed by atoms with Crippen molar-refractivity contribution in [2.24, 2.45) is 11.7 Å². The fourth-order valence-electron chi connectivity index (χ4n) is 2.66. The number of halogens is 1. The van der Waals surface area contributed by atoms with Crippen LogP contribution in [0.4, 0.5) is 0 Å². The van der Waals surface area contributed by atoms with Gasteiger partial charge in [-0.05, 0) is 43.4 Å². The first kappa shape index (κ1) is 14.4. The Bertz CT molecular complexity index is 442. The molecule has 104 valence electrons. The van der Waals surface area contributed by atoms with Gasteiger partial charge in [-0.2, -0.15) is 0 Å². The number of rotatable bonds is 3. The Balaban J connectivity index is 1.92. The van der Waals surface area contributed by atoms with Crippen LogP contribution in [0.2, 0.25) is 5.02 Å². The summed E-state index contributed by atoms with van der Waals surface area (Å²) < 4.78 is 0. The number of amides is 1. The summed E-state index contributed by atoms with van der Waals surface area (Å²) in [5.41, 5.74) is 6.94. The molecule has 3 nitrogen and oxygen atoms in total. The van der Waals surface area contributed by atoms with Crippen molar-refractivity contribution >= 4 is 17.5 Å². The van der Waals surface area contributed by atoms with Gasteiger partial charge in [0, 0.05) is 30.6 Å². The molecule has 0 aromatic heterocycles. The van der Waals surface area contributed by atoms with Gasteiger partial charge < -0.3 is 10.6 Å². The van der Waals surface area contributed by atoms with Crippen LogP contribution in [0.5, 0.6) is 0 Å². The van der Waals surface area contributed by atoms with Crippen LogP contribution >= 0.6 is 11.6 Å². The third-order valence-corrected chi connectivity index (χ3v) is 4.04. The van der Waals surface area contributed by atoms with E-state index in [4.69, 9.17) is 17.3 Å². The predicted molar refractivity (Wildman–Crippen MR) is 77.9 cm³/mol. The van der Waals surface area contributed by atoms with Crippen molar-refractivity contribution in [1.29, 1.82) is 0 Å². The Morgan fingerprint density at radius 3 is 2.68 bits per heavy atom. The summed E-state index contributed by atoms with van der Waals surface area (Å²) in [4.78, 5) is 14.1. The van der Waals surface area contributed by atoms with Gasteiger partial charge in [0.1, 0.15) is 0 Å². The Labute approximate surface area is 119 Å². The molecular weight excluding hydrogens is 260 g/mol. The SMILES string of the molecule is CN(Cc1cccc(Cl)c1)C(=O)C1CCC(N)CC1. The summed E-state index contributed by atoms with van der Waals surface area (Å²) in [6, 6.07) is 7.93. The Hall–Kier alpha value is -1.06. The fourth-order valence-corrected chi connectivity index (χ4v) is 2.88. The molecule has 0 atom stereocenters. The van der Waals surface area contributed by atoms with E-state index in [2.05, 4.69) is 0 Å². The van der Waals surface area contributed by atoms with Gasteiger partial charge in [-0.15, -0.1) is 0 Å². The summed E-state index contributed by atoms with van der Waals surface area (Å²) in [6.45, 7) is 0.613. The van der Waals surface area contributed by atoms with Gasteiger partial charge in [-0.25, -0.2) is 0 Å². The zero-order valence-electron chi connectivity index (χ0n) is 11.3. The van der Waals surface area contributed by atoms with Crippen molar-refractivity contribution in [3.63, 3.8) is 0 Å². The van der Waals surface area contributed by atoms with Crippen LogP contribution in [0.25, 0.3) is 0 Å². The molecule has 0 aliphatic heterocycles. The van der Waals surface area contributed by atoms with Crippen LogP contribution in [0.15, 0.2) is 24.3 Å². The lowest BCUT2D eigenvalue weighted by Gasteiger charge is -2.29. The van der Waals surface area contributed by atoms with Crippen molar-refractivity contribution in [2.75, 3.05) is 7.05 Å². The monoisotopic (exact) mass is 280 g/mol. The van der Waals surface area contributed by atoms with Crippen LogP contribution in [0.3, 0.4) is 0 Å². The molecule has 1 aliphatic carbocycles. The smallest absolute Gasteiger partial charge is 0.225 e. The molecular formula is C15H21ClN2O. The van der Waals surface area contributed by atoms with Gasteiger partial charge in [-0.3, -0.25) is 4.79 Å². The Morgan fingerprint density at radius 2 is 2.05 bits per heavy atom. The average molecular weight is 281 g/mol. The Morgan fingerprint density at radius 1 is 1.37 bits per heavy atom. The molecule has 1 aromatic rings. The van der Waals surface area contributed by atoms with E-state index >= 15 is 0 Å². The lowest BCUT2D eigenvalue weighted by atomic mass is 9.85. The topological polar surface area (TPSA) is 46.3 Å². The molecule has 1 aliphatic rings. The molecule has 2 N–H and O–H groups in total. The molecule has 1 fully saturated rings. The van der Waals surface area contributed by atoms with Gasteiger partial charge >= 0.3 is 0 Å². The van der Waals surface area contributed by atoms with Gasteiger partial charge in [-0.1, -0.05) is 23.7 Å². The largest absolute Gasteiger partial charge is 0.341 e. The second kappa shape index (κ2) is 6.40. The van der Waals surface area contributed by atoms with Crippen LogP contribution in [0.1, 0.15) is 31.2 Å². The van der Waals surface area contributed by atoms with E-state index in [0.717, 1.165) is 31.2 Å². The van der Waals surface area contributed by atoms with Gasteiger partial charge in [0.05, 0.1) is 0 Å². The summed E-state index contributed by atoms with van der Waals surface area (Å²) in [6.07, 6.45) is 3.75. The van der Waals surface area contributed by atoms with Crippen molar-refractivity contribution in [2.45, 2.75) is 38.3 Å². The molecule has 4 heteroatoms. The van der Waals surface area contributed by atoms with E-state index in [9.17, 15) is 4.79 Å². The first-order valence-electron chi connectivity index (χ1n) is 6.81. The maximum atomic E-state index is 12.3. The highest BCUT2D eigenvalue weighted by Crippen LogP contribution is 2.25. The quantitative estimate of drug-likeness (QED) is 0.925. The Kier molecular flexibility index (Phi) is 4.83. The number of nitrogens with two attached hydrogens (primary N) is 1. The molecule has 0 bridgehead atoms. The molecule has 1 aromatic carbocycles. The highest BCUT2D eigenvalue weighted by atomic mass is 35.5. The minimum atomic E-state index is 0.143. The second-order valence-electron chi connectivity index (χ2n) is 5.44. The summed E-state index contributed by atoms with van der Waals surface area (Å²) >= 11 is 5.96. The lowest BCUT2D eigenvalue weighted by Crippen LogP contribution is -2.37. The van der Waals surface area contributed by atoms with Gasteiger partial charge in [0.2, 0.25) is 5.91 Å². The second-order valence-corrected chi connectivity index (χ2v) is 5.87. The molecule has 0 heterocycles. The number of carbonyl (C=O) groups is 1. The maximum Gasteiger partial charge on any atom is 0.225 e. The van der Waals surface area contributed by atoms with Crippen molar-refractivity contribution in [3.05, 3.63) is 34.9 Å². The normalized spacial score (nSPS) is 23.1. The third-order valence-electron chi connectivity index (χ3n) is 3.81. The number of hydrogen-bond acceptors (Lipinski definition) is 2. The molecule has 1 amide bonds. The first-order chi connectivity index (χ1) is 9.06. The minimum absolute atomic E-state index is 0.143. The minimum Gasteiger partial charge on any atom is -0.341 e. The van der Waals surface area contributed by atoms with E-state index in [1.807, 2.05) is 31.3 Å². The zero-order valence-corrected chi connectivity index (χ0v) is 12.1. The zero-order chi connectivity index (χ0) is 13.8. The van der Waals surface area contributed by atoms with Crippen molar-refractivity contribution in [1.82, 2.24) is 4.90 Å². The van der Waals surface area contributed by atoms with Gasteiger partial charge in [0.25, 0.3) is 0 Å². The van der Waals surface area contributed by atoms with Crippen molar-refractivity contribution in [3.8, 4) is 0 Å². The molecule has 2 rings (SSSR count). The highest BCUT2D eigenvalue weighted by Gasteiger charge is 2.26. The maximum absolute atomic E-state index is 12.3. The van der Waals surface area contributed by atoms with E-state index in [0.29, 0.717) is 11.6 Å². The van der Waals surface area contributed by atoms with E-state index in [-0.39, 0.29) is 17.9 Å². The lowest BCUT2D eigenvalue weighted by molar-refractivity contribution is -0.135. The van der Waals surface area contributed by atoms with E-state index in [1.165, 1.54) is 0 Å². The number of carbonyl (C=O) groups excluding carboxylic acids is 1. The number of hydrogen-bond donors (Lipinski definition) is 1. The number of benzene rings is 1. The molecule has 0 saturated heterocycles. The van der Waals surface area contributed by atoms with E-state index in [1.54, 1.807) is 4.90 Å². The summed E-state index contributed by atoms with van der Waals surface area (Å²) in [7, 11) is 1.86. The van der Waals surface area contributed by atoms with Gasteiger partial charge in [0.15, 0.2) is 0 Å². The fraction of sp³-hybridized carbons (Fsp3) is 0.533. The standard InChI is InChI=1S/C15H21ClN2O/c1-18(10-11-3-2-4-13(16)9-11)15(19)12-5-7-14(17)8-6-12/h2-4,9,12,14H,5-8,10,17H2,1H3. The highest BCUT2D eigenvalue weighted by molar-refractivity contribution is 6.30. The first-order valence-corrected chi connectivity index (χ1v) is 7.19. The predicted octanol–water partition coefficient (Wildman–Crippen LogP) is 2.82. The molecule has 1 saturated carbocycles. The third kappa shape index (κ3) is 3.95. The van der Waals surface area contributed by atoms with Crippen LogP contribution in [-0.4, -0.2) is 23.9 Å². The average Bonchev–Trinajstić information content (AvgIpc) is 2.39. The molecule has 0 radical (unpaired) electrons. The molecule has 0 unspecified atom stereocenters. The van der Waals surface area contributed by atoms with Crippen LogP contribution in [-0.2, 0) is 11.3 Å². The van der Waals surface area contributed by atoms with Crippen LogP contribution < -0.4 is 5.73 Å². The van der Waals surface area contributed by atoms with Crippen LogP contribution in [0, 0.1) is 5.92 Å². The molecule has 0 spiro atoms. The van der Waals surface area contributed by atoms with E-state index < -0.39 is 0 Å². The summed E-state index contributed by atoms with van der Waals surface area (Å²) in [5.74, 6) is 0.371.